The van der Waals surface area contributed by atoms with E-state index in [0.717, 1.165) is 37.5 Å². The van der Waals surface area contributed by atoms with Crippen LogP contribution >= 0.6 is 0 Å². The van der Waals surface area contributed by atoms with Gasteiger partial charge in [-0.3, -0.25) is 9.69 Å². The molecule has 10 nitrogen and oxygen atoms in total. The molecule has 1 saturated carbocycles. The van der Waals surface area contributed by atoms with Gasteiger partial charge in [-0.25, -0.2) is 18.9 Å². The van der Waals surface area contributed by atoms with Gasteiger partial charge in [0, 0.05) is 27.0 Å². The third kappa shape index (κ3) is 11.0. The molecule has 1 aliphatic carbocycles. The number of benzene rings is 1. The second kappa shape index (κ2) is 18.3. The molecule has 1 aromatic heterocycles. The number of aryl methyl sites for hydroxylation is 1. The molecule has 0 spiro atoms. The average molecular weight is 677 g/mol. The summed E-state index contributed by atoms with van der Waals surface area (Å²) in [6.45, 7) is 9.26. The molecule has 2 aliphatic rings. The number of likely N-dealkylation sites (N-methyl/N-ethyl adjacent to an activating group) is 1. The van der Waals surface area contributed by atoms with Crippen molar-refractivity contribution < 1.29 is 37.8 Å². The topological polar surface area (TPSA) is 130 Å². The summed E-state index contributed by atoms with van der Waals surface area (Å²) < 4.78 is 30.2. The normalized spacial score (nSPS) is 19.9. The summed E-state index contributed by atoms with van der Waals surface area (Å²) in [4.78, 5) is 55.3. The van der Waals surface area contributed by atoms with E-state index in [1.54, 1.807) is 39.8 Å². The van der Waals surface area contributed by atoms with Gasteiger partial charge in [-0.15, -0.1) is 0 Å². The number of likely N-dealkylation sites (tertiary alicyclic amines) is 1. The van der Waals surface area contributed by atoms with Crippen molar-refractivity contribution >= 4 is 40.8 Å². The van der Waals surface area contributed by atoms with Crippen molar-refractivity contribution in [2.24, 2.45) is 17.8 Å². The predicted octanol–water partition coefficient (Wildman–Crippen LogP) is 7.60. The van der Waals surface area contributed by atoms with E-state index in [1.807, 2.05) is 20.0 Å². The molecule has 0 radical (unpaired) electrons. The summed E-state index contributed by atoms with van der Waals surface area (Å²) in [6.07, 6.45) is 10.5. The third-order valence-electron chi connectivity index (χ3n) is 9.57. The zero-order chi connectivity index (χ0) is 35.4. The number of anilines is 1. The quantitative estimate of drug-likeness (QED) is 0.198. The van der Waals surface area contributed by atoms with Crippen LogP contribution in [0.2, 0.25) is 0 Å². The van der Waals surface area contributed by atoms with Crippen LogP contribution in [0.25, 0.3) is 10.9 Å². The molecule has 268 valence electrons. The van der Waals surface area contributed by atoms with E-state index < -0.39 is 30.4 Å². The molecule has 4 atom stereocenters. The van der Waals surface area contributed by atoms with Crippen molar-refractivity contribution in [2.75, 3.05) is 25.6 Å². The number of amides is 2. The number of aromatic amines is 1. The van der Waals surface area contributed by atoms with Crippen LogP contribution in [0.4, 0.5) is 19.4 Å². The van der Waals surface area contributed by atoms with E-state index in [4.69, 9.17) is 4.74 Å². The molecule has 48 heavy (non-hydrogen) atoms. The van der Waals surface area contributed by atoms with Crippen molar-refractivity contribution in [3.05, 3.63) is 29.5 Å². The molecule has 2 aromatic rings. The number of ether oxygens (including phenoxy) is 1. The van der Waals surface area contributed by atoms with Gasteiger partial charge in [0.25, 0.3) is 0 Å². The Morgan fingerprint density at radius 3 is 2.44 bits per heavy atom. The van der Waals surface area contributed by atoms with Gasteiger partial charge in [0.15, 0.2) is 0 Å². The summed E-state index contributed by atoms with van der Waals surface area (Å²) in [5.41, 5.74) is 1.46. The lowest BCUT2D eigenvalue weighted by Crippen LogP contribution is -2.43. The fraction of sp³-hybridized carbons (Fsp3) is 0.667. The van der Waals surface area contributed by atoms with Crippen molar-refractivity contribution in [3.63, 3.8) is 0 Å². The lowest BCUT2D eigenvalue weighted by atomic mass is 9.76. The first kappa shape index (κ1) is 38.9. The average Bonchev–Trinajstić information content (AvgIpc) is 3.61. The second-order valence-electron chi connectivity index (χ2n) is 14.2. The highest BCUT2D eigenvalue weighted by atomic mass is 19.3. The fourth-order valence-electron chi connectivity index (χ4n) is 6.95. The Labute approximate surface area is 282 Å². The predicted molar refractivity (Wildman–Crippen MR) is 182 cm³/mol. The van der Waals surface area contributed by atoms with E-state index in [-0.39, 0.29) is 23.6 Å². The van der Waals surface area contributed by atoms with Crippen LogP contribution < -0.4 is 10.6 Å². The largest absolute Gasteiger partial charge is 0.444 e. The number of carbonyl (C=O) groups is 4. The first-order valence-electron chi connectivity index (χ1n) is 17.3. The number of nitrogens with one attached hydrogen (secondary N) is 3. The van der Waals surface area contributed by atoms with Gasteiger partial charge in [-0.2, -0.15) is 0 Å². The minimum atomic E-state index is -1.05. The van der Waals surface area contributed by atoms with Gasteiger partial charge in [0.1, 0.15) is 24.3 Å². The van der Waals surface area contributed by atoms with E-state index >= 15 is 0 Å². The molecule has 0 bridgehead atoms. The van der Waals surface area contributed by atoms with Crippen LogP contribution in [0.3, 0.4) is 0 Å². The van der Waals surface area contributed by atoms with Crippen LogP contribution in [0.1, 0.15) is 108 Å². The van der Waals surface area contributed by atoms with E-state index in [9.17, 15) is 28.1 Å². The molecule has 2 amide bonds. The highest BCUT2D eigenvalue weighted by Gasteiger charge is 2.41. The van der Waals surface area contributed by atoms with Crippen LogP contribution in [0, 0.1) is 24.7 Å². The van der Waals surface area contributed by atoms with Gasteiger partial charge >= 0.3 is 12.1 Å². The number of alkyl halides is 1. The number of H-pyrrole nitrogens is 1. The highest BCUT2D eigenvalue weighted by Crippen LogP contribution is 2.39. The molecule has 1 aromatic carbocycles. The summed E-state index contributed by atoms with van der Waals surface area (Å²) in [7, 11) is 2.03. The standard InChI is InChI=1S/C22H28FN3O3.C14H26FNO3/c1-13-17-12-15(8-9-18(17)25-19(13)22(28)29-23)24-21(27)20-16(10-11-26(20)2)14-6-4-3-5-7-14;1-5-11(10-17)7-6-8-12(9-15)16-13(18)19-14(2,3)4/h8-9,12,14,16,20,25H,3-7,10-11H2,1-2H3,(H,24,27);10-12H,5-9H2,1-4H3,(H,16,18). The zero-order valence-corrected chi connectivity index (χ0v) is 29.3. The number of alkyl carbamates (subject to hydrolysis) is 1. The summed E-state index contributed by atoms with van der Waals surface area (Å²) in [6, 6.07) is 4.74. The summed E-state index contributed by atoms with van der Waals surface area (Å²) in [5, 5.41) is 6.34. The molecule has 1 aliphatic heterocycles. The molecular formula is C36H54F2N4O6. The van der Waals surface area contributed by atoms with Crippen molar-refractivity contribution in [2.45, 2.75) is 117 Å². The van der Waals surface area contributed by atoms with Crippen molar-refractivity contribution in [3.8, 4) is 0 Å². The number of aromatic nitrogens is 1. The molecular weight excluding hydrogens is 622 g/mol. The molecule has 4 unspecified atom stereocenters. The Bertz CT molecular complexity index is 1370. The second-order valence-corrected chi connectivity index (χ2v) is 14.2. The zero-order valence-electron chi connectivity index (χ0n) is 29.3. The lowest BCUT2D eigenvalue weighted by molar-refractivity contribution is -0.121. The first-order chi connectivity index (χ1) is 22.8. The van der Waals surface area contributed by atoms with Crippen LogP contribution in [-0.4, -0.2) is 72.1 Å². The molecule has 12 heteroatoms. The number of fused-ring (bicyclic) bond motifs is 1. The number of halogens is 2. The van der Waals surface area contributed by atoms with Gasteiger partial charge in [-0.1, -0.05) is 45.4 Å². The van der Waals surface area contributed by atoms with Crippen molar-refractivity contribution in [1.29, 1.82) is 0 Å². The molecule has 2 fully saturated rings. The lowest BCUT2D eigenvalue weighted by Gasteiger charge is -2.32. The third-order valence-corrected chi connectivity index (χ3v) is 9.57. The summed E-state index contributed by atoms with van der Waals surface area (Å²) in [5.74, 6) is 0.0440. The fourth-order valence-corrected chi connectivity index (χ4v) is 6.95. The number of aldehydes is 1. The number of hydrogen-bond donors (Lipinski definition) is 3. The monoisotopic (exact) mass is 676 g/mol. The maximum absolute atomic E-state index is 13.2. The SMILES string of the molecule is CCC(C=O)CCCC(CF)NC(=O)OC(C)(C)C.Cc1c(C(=O)OF)[nH]c2ccc(NC(=O)C3C(C4CCCCC4)CCN3C)cc12. The van der Waals surface area contributed by atoms with Crippen molar-refractivity contribution in [1.82, 2.24) is 15.2 Å². The molecule has 1 saturated heterocycles. The number of nitrogens with zero attached hydrogens (tertiary/aromatic N) is 1. The van der Waals surface area contributed by atoms with Gasteiger partial charge in [-0.05, 0) is 103 Å². The van der Waals surface area contributed by atoms with E-state index in [2.05, 4.69) is 25.5 Å². The molecule has 4 rings (SSSR count). The Hall–Kier alpha value is -3.54. The Morgan fingerprint density at radius 1 is 1.12 bits per heavy atom. The van der Waals surface area contributed by atoms with Gasteiger partial charge < -0.3 is 25.1 Å². The maximum atomic E-state index is 13.2. The smallest absolute Gasteiger partial charge is 0.407 e. The Kier molecular flexibility index (Phi) is 14.8. The van der Waals surface area contributed by atoms with Crippen LogP contribution in [-0.2, 0) is 19.3 Å². The summed E-state index contributed by atoms with van der Waals surface area (Å²) >= 11 is 0. The molecule has 3 N–H and O–H groups in total. The van der Waals surface area contributed by atoms with Crippen LogP contribution in [0.5, 0.6) is 0 Å². The maximum Gasteiger partial charge on any atom is 0.407 e. The number of hydrogen-bond acceptors (Lipinski definition) is 7. The number of rotatable bonds is 12. The Balaban J connectivity index is 0.000000288. The minimum absolute atomic E-state index is 0.0245. The van der Waals surface area contributed by atoms with E-state index in [0.29, 0.717) is 41.4 Å². The van der Waals surface area contributed by atoms with Gasteiger partial charge in [0.2, 0.25) is 5.91 Å². The highest BCUT2D eigenvalue weighted by molar-refractivity contribution is 6.01. The Morgan fingerprint density at radius 2 is 1.83 bits per heavy atom. The molecule has 2 heterocycles. The number of carbonyl (C=O) groups excluding carboxylic acids is 4. The first-order valence-corrected chi connectivity index (χ1v) is 17.3. The van der Waals surface area contributed by atoms with Gasteiger partial charge in [0.05, 0.1) is 12.1 Å². The van der Waals surface area contributed by atoms with E-state index in [1.165, 1.54) is 32.1 Å². The van der Waals surface area contributed by atoms with Crippen LogP contribution in [0.15, 0.2) is 18.2 Å². The minimum Gasteiger partial charge on any atom is -0.444 e.